The summed E-state index contributed by atoms with van der Waals surface area (Å²) in [5.41, 5.74) is -0.399. The predicted octanol–water partition coefficient (Wildman–Crippen LogP) is 5.80. The molecule has 0 radical (unpaired) electrons. The number of Topliss-reactive ketones (excluding diaryl/α,β-unsaturated/α-hetero) is 1. The summed E-state index contributed by atoms with van der Waals surface area (Å²) in [5, 5.41) is 10.5. The fraction of sp³-hybridized carbons (Fsp3) is 0.481. The number of nitrogens with zero attached hydrogens (tertiary/aromatic N) is 1. The fourth-order valence-corrected chi connectivity index (χ4v) is 3.73. The molecule has 8 nitrogen and oxygen atoms in total. The summed E-state index contributed by atoms with van der Waals surface area (Å²) in [6, 6.07) is 7.94. The van der Waals surface area contributed by atoms with Crippen molar-refractivity contribution in [2.75, 3.05) is 13.7 Å². The Bertz CT molecular complexity index is 1130. The number of carbonyl (C=O) groups excluding carboxylic acids is 2. The number of ether oxygens (including phenoxy) is 2. The van der Waals surface area contributed by atoms with Crippen molar-refractivity contribution in [3.8, 4) is 11.5 Å². The SMILES string of the molecule is COC(=O)N=CCCCC(C)c1cc(O)c(C(=O)C(C)C(C)Cc2ccc(OCC(F)F)cc2)c(=O)o1. The van der Waals surface area contributed by atoms with Gasteiger partial charge in [0.1, 0.15) is 29.4 Å². The highest BCUT2D eigenvalue weighted by atomic mass is 19.3. The van der Waals surface area contributed by atoms with Gasteiger partial charge < -0.3 is 19.0 Å². The second-order valence-corrected chi connectivity index (χ2v) is 8.99. The number of ketones is 1. The number of methoxy groups -OCH3 is 1. The number of carbonyl (C=O) groups is 2. The minimum atomic E-state index is -2.56. The minimum absolute atomic E-state index is 0.190. The van der Waals surface area contributed by atoms with Gasteiger partial charge in [0.05, 0.1) is 7.11 Å². The molecule has 1 heterocycles. The number of rotatable bonds is 13. The van der Waals surface area contributed by atoms with Crippen LogP contribution in [0.2, 0.25) is 0 Å². The van der Waals surface area contributed by atoms with Crippen LogP contribution in [-0.4, -0.2) is 43.3 Å². The Morgan fingerprint density at radius 3 is 2.43 bits per heavy atom. The van der Waals surface area contributed by atoms with Crippen LogP contribution in [0.3, 0.4) is 0 Å². The van der Waals surface area contributed by atoms with Crippen LogP contribution in [0.15, 0.2) is 44.5 Å². The third kappa shape index (κ3) is 9.11. The molecular weight excluding hydrogens is 488 g/mol. The van der Waals surface area contributed by atoms with E-state index in [0.717, 1.165) is 5.56 Å². The van der Waals surface area contributed by atoms with Crippen LogP contribution in [0.5, 0.6) is 11.5 Å². The molecule has 2 aromatic rings. The number of alkyl halides is 2. The van der Waals surface area contributed by atoms with E-state index in [0.29, 0.717) is 31.4 Å². The van der Waals surface area contributed by atoms with Gasteiger partial charge in [-0.1, -0.05) is 32.9 Å². The van der Waals surface area contributed by atoms with Gasteiger partial charge in [0.25, 0.3) is 6.43 Å². The lowest BCUT2D eigenvalue weighted by Gasteiger charge is -2.19. The molecule has 1 aromatic carbocycles. The molecule has 1 N–H and O–H groups in total. The number of hydrogen-bond acceptors (Lipinski definition) is 7. The Morgan fingerprint density at radius 2 is 1.84 bits per heavy atom. The molecule has 3 atom stereocenters. The lowest BCUT2D eigenvalue weighted by atomic mass is 9.84. The van der Waals surface area contributed by atoms with Crippen molar-refractivity contribution in [2.45, 2.75) is 58.8 Å². The highest BCUT2D eigenvalue weighted by molar-refractivity contribution is 5.99. The summed E-state index contributed by atoms with van der Waals surface area (Å²) in [6.45, 7) is 4.67. The number of hydrogen-bond donors (Lipinski definition) is 1. The van der Waals surface area contributed by atoms with Crippen LogP contribution in [-0.2, 0) is 11.2 Å². The van der Waals surface area contributed by atoms with Gasteiger partial charge in [-0.3, -0.25) is 4.79 Å². The van der Waals surface area contributed by atoms with E-state index in [2.05, 4.69) is 9.73 Å². The zero-order chi connectivity index (χ0) is 27.5. The van der Waals surface area contributed by atoms with Crippen LogP contribution in [0.4, 0.5) is 13.6 Å². The van der Waals surface area contributed by atoms with Crippen molar-refractivity contribution in [2.24, 2.45) is 16.8 Å². The quantitative estimate of drug-likeness (QED) is 0.201. The third-order valence-electron chi connectivity index (χ3n) is 6.15. The van der Waals surface area contributed by atoms with Crippen molar-refractivity contribution in [1.29, 1.82) is 0 Å². The van der Waals surface area contributed by atoms with E-state index in [-0.39, 0.29) is 23.2 Å². The maximum atomic E-state index is 13.1. The lowest BCUT2D eigenvalue weighted by Crippen LogP contribution is -2.26. The molecule has 0 saturated heterocycles. The molecule has 0 spiro atoms. The molecule has 0 saturated carbocycles. The molecule has 0 bridgehead atoms. The van der Waals surface area contributed by atoms with Crippen molar-refractivity contribution in [3.63, 3.8) is 0 Å². The van der Waals surface area contributed by atoms with Crippen molar-refractivity contribution >= 4 is 18.1 Å². The average Bonchev–Trinajstić information content (AvgIpc) is 2.86. The summed E-state index contributed by atoms with van der Waals surface area (Å²) in [4.78, 5) is 40.3. The normalized spacial score (nSPS) is 13.9. The molecule has 0 aliphatic carbocycles. The summed E-state index contributed by atoms with van der Waals surface area (Å²) < 4.78 is 39.3. The van der Waals surface area contributed by atoms with E-state index in [1.807, 2.05) is 13.8 Å². The number of aromatic hydroxyl groups is 1. The van der Waals surface area contributed by atoms with Crippen LogP contribution >= 0.6 is 0 Å². The van der Waals surface area contributed by atoms with Crippen LogP contribution < -0.4 is 10.4 Å². The molecule has 1 aromatic heterocycles. The summed E-state index contributed by atoms with van der Waals surface area (Å²) in [5.74, 6) is -1.35. The largest absolute Gasteiger partial charge is 0.507 e. The Hall–Kier alpha value is -3.56. The first-order chi connectivity index (χ1) is 17.5. The van der Waals surface area contributed by atoms with Gasteiger partial charge in [0.15, 0.2) is 5.78 Å². The smallest absolute Gasteiger partial charge is 0.432 e. The molecular formula is C27H33F2NO7. The second kappa shape index (κ2) is 14.2. The molecule has 202 valence electrons. The van der Waals surface area contributed by atoms with Gasteiger partial charge in [-0.15, -0.1) is 0 Å². The molecule has 10 heteroatoms. The molecule has 0 aliphatic rings. The molecule has 37 heavy (non-hydrogen) atoms. The van der Waals surface area contributed by atoms with Crippen molar-refractivity contribution in [1.82, 2.24) is 0 Å². The number of amides is 1. The Kier molecular flexibility index (Phi) is 11.4. The first kappa shape index (κ1) is 29.7. The summed E-state index contributed by atoms with van der Waals surface area (Å²) >= 11 is 0. The fourth-order valence-electron chi connectivity index (χ4n) is 3.73. The van der Waals surface area contributed by atoms with E-state index in [9.17, 15) is 28.3 Å². The number of benzene rings is 1. The maximum absolute atomic E-state index is 13.1. The van der Waals surface area contributed by atoms with Gasteiger partial charge >= 0.3 is 11.7 Å². The lowest BCUT2D eigenvalue weighted by molar-refractivity contribution is 0.0819. The van der Waals surface area contributed by atoms with Crippen LogP contribution in [0.25, 0.3) is 0 Å². The third-order valence-corrected chi connectivity index (χ3v) is 6.15. The molecule has 0 fully saturated rings. The molecule has 0 aliphatic heterocycles. The Labute approximate surface area is 214 Å². The summed E-state index contributed by atoms with van der Waals surface area (Å²) in [7, 11) is 1.24. The first-order valence-electron chi connectivity index (χ1n) is 12.0. The monoisotopic (exact) mass is 521 g/mol. The van der Waals surface area contributed by atoms with E-state index < -0.39 is 42.2 Å². The van der Waals surface area contributed by atoms with Gasteiger partial charge in [0, 0.05) is 24.1 Å². The van der Waals surface area contributed by atoms with E-state index in [4.69, 9.17) is 9.15 Å². The summed E-state index contributed by atoms with van der Waals surface area (Å²) in [6.07, 6.45) is 0.477. The number of aliphatic imine (C=N–C) groups is 1. The average molecular weight is 522 g/mol. The first-order valence-corrected chi connectivity index (χ1v) is 12.0. The molecule has 2 rings (SSSR count). The van der Waals surface area contributed by atoms with E-state index in [1.54, 1.807) is 31.2 Å². The highest BCUT2D eigenvalue weighted by Gasteiger charge is 2.28. The minimum Gasteiger partial charge on any atom is -0.507 e. The van der Waals surface area contributed by atoms with Gasteiger partial charge in [-0.05, 0) is 49.3 Å². The zero-order valence-electron chi connectivity index (χ0n) is 21.4. The van der Waals surface area contributed by atoms with Gasteiger partial charge in [-0.25, -0.2) is 18.4 Å². The Morgan fingerprint density at radius 1 is 1.16 bits per heavy atom. The van der Waals surface area contributed by atoms with Crippen LogP contribution in [0.1, 0.15) is 67.6 Å². The Balaban J connectivity index is 2.00. The second-order valence-electron chi connectivity index (χ2n) is 8.99. The highest BCUT2D eigenvalue weighted by Crippen LogP contribution is 2.28. The standard InChI is InChI=1S/C27H33F2NO7/c1-16(7-5-6-12-30-27(34)35-4)22-14-21(31)24(26(33)37-22)25(32)18(3)17(2)13-19-8-10-20(11-9-19)36-15-23(28)29/h8-12,14,16-18,23,31H,5-7,13,15H2,1-4H3. The maximum Gasteiger partial charge on any atom is 0.432 e. The number of unbranched alkanes of at least 4 members (excludes halogenated alkanes) is 1. The van der Waals surface area contributed by atoms with Crippen molar-refractivity contribution in [3.05, 3.63) is 57.6 Å². The number of halogens is 2. The van der Waals surface area contributed by atoms with E-state index >= 15 is 0 Å². The van der Waals surface area contributed by atoms with Crippen LogP contribution in [0, 0.1) is 11.8 Å². The molecule has 3 unspecified atom stereocenters. The predicted molar refractivity (Wildman–Crippen MR) is 134 cm³/mol. The zero-order valence-corrected chi connectivity index (χ0v) is 21.4. The van der Waals surface area contributed by atoms with E-state index in [1.165, 1.54) is 19.4 Å². The van der Waals surface area contributed by atoms with Gasteiger partial charge in [-0.2, -0.15) is 4.99 Å². The topological polar surface area (TPSA) is 115 Å². The van der Waals surface area contributed by atoms with Crippen molar-refractivity contribution < 1.29 is 37.4 Å². The molecule has 1 amide bonds. The van der Waals surface area contributed by atoms with Gasteiger partial charge in [0.2, 0.25) is 0 Å².